The number of hydrogen-bond acceptors (Lipinski definition) is 7. The van der Waals surface area contributed by atoms with Crippen molar-refractivity contribution in [3.8, 4) is 0 Å². The van der Waals surface area contributed by atoms with Crippen molar-refractivity contribution in [2.75, 3.05) is 47.5 Å². The van der Waals surface area contributed by atoms with E-state index in [4.69, 9.17) is 18.5 Å². The molecule has 0 radical (unpaired) electrons. The van der Waals surface area contributed by atoms with E-state index in [0.29, 0.717) is 23.9 Å². The summed E-state index contributed by atoms with van der Waals surface area (Å²) in [7, 11) is 1.42. The average Bonchev–Trinajstić information content (AvgIpc) is 3.17. The molecule has 10 heteroatoms. The van der Waals surface area contributed by atoms with E-state index in [1.165, 1.54) is 51.4 Å². The highest BCUT2D eigenvalue weighted by Gasteiger charge is 2.27. The minimum absolute atomic E-state index is 0.0154. The number of carbonyl (C=O) groups excluding carboxylic acids is 2. The van der Waals surface area contributed by atoms with E-state index < -0.39 is 32.5 Å². The Morgan fingerprint density at radius 2 is 1.02 bits per heavy atom. The second-order valence-electron chi connectivity index (χ2n) is 15.7. The molecule has 0 aromatic carbocycles. The number of hydrogen-bond donors (Lipinski definition) is 1. The number of phosphoric acid groups is 1. The van der Waals surface area contributed by atoms with Crippen LogP contribution in [0.25, 0.3) is 0 Å². The Morgan fingerprint density at radius 1 is 0.552 bits per heavy atom. The van der Waals surface area contributed by atoms with E-state index in [1.54, 1.807) is 0 Å². The van der Waals surface area contributed by atoms with E-state index in [1.807, 2.05) is 33.3 Å². The Balaban J connectivity index is 4.49. The third-order valence-electron chi connectivity index (χ3n) is 8.92. The van der Waals surface area contributed by atoms with Crippen molar-refractivity contribution < 1.29 is 42.1 Å². The summed E-state index contributed by atoms with van der Waals surface area (Å²) in [5.74, 6) is -0.909. The van der Waals surface area contributed by atoms with Crippen molar-refractivity contribution in [3.63, 3.8) is 0 Å². The Labute approximate surface area is 354 Å². The first-order valence-corrected chi connectivity index (χ1v) is 23.8. The van der Waals surface area contributed by atoms with E-state index in [9.17, 15) is 19.0 Å². The molecule has 332 valence electrons. The van der Waals surface area contributed by atoms with Gasteiger partial charge in [-0.15, -0.1) is 0 Å². The Bertz CT molecular complexity index is 1260. The van der Waals surface area contributed by atoms with Gasteiger partial charge < -0.3 is 18.9 Å². The fourth-order valence-corrected chi connectivity index (χ4v) is 6.19. The number of carbonyl (C=O) groups is 2. The predicted molar refractivity (Wildman–Crippen MR) is 242 cm³/mol. The molecule has 58 heavy (non-hydrogen) atoms. The molecule has 0 bridgehead atoms. The number of esters is 2. The van der Waals surface area contributed by atoms with Gasteiger partial charge in [0, 0.05) is 12.8 Å². The van der Waals surface area contributed by atoms with Crippen LogP contribution in [-0.2, 0) is 32.7 Å². The molecule has 9 nitrogen and oxygen atoms in total. The highest BCUT2D eigenvalue weighted by Crippen LogP contribution is 2.43. The molecule has 1 N–H and O–H groups in total. The Kier molecular flexibility index (Phi) is 37.7. The molecule has 0 aliphatic rings. The SMILES string of the molecule is CC/C=C\C/C=C\C/C=C\C/C=C\C/C=C\C/C=C\CCC(=O)OC[C@H](COP(=O)(O)OCC[N+](C)(C)C)OC(=O)CCCCCCCCC/C=C\CCCCCC. The minimum atomic E-state index is -4.40. The van der Waals surface area contributed by atoms with E-state index in [2.05, 4.69) is 86.8 Å². The minimum Gasteiger partial charge on any atom is -0.462 e. The zero-order valence-electron chi connectivity index (χ0n) is 37.2. The summed E-state index contributed by atoms with van der Waals surface area (Å²) in [5.41, 5.74) is 0. The molecule has 0 aliphatic carbocycles. The first kappa shape index (κ1) is 55.2. The molecule has 0 heterocycles. The van der Waals surface area contributed by atoms with E-state index in [0.717, 1.165) is 64.2 Å². The molecule has 0 rings (SSSR count). The van der Waals surface area contributed by atoms with Gasteiger partial charge in [-0.1, -0.05) is 150 Å². The molecule has 0 saturated heterocycles. The van der Waals surface area contributed by atoms with Gasteiger partial charge in [0.1, 0.15) is 19.8 Å². The van der Waals surface area contributed by atoms with E-state index in [-0.39, 0.29) is 26.1 Å². The predicted octanol–water partition coefficient (Wildman–Crippen LogP) is 12.8. The molecule has 0 aromatic heterocycles. The van der Waals surface area contributed by atoms with Gasteiger partial charge in [-0.2, -0.15) is 0 Å². The van der Waals surface area contributed by atoms with Crippen LogP contribution < -0.4 is 0 Å². The van der Waals surface area contributed by atoms with Crippen molar-refractivity contribution in [3.05, 3.63) is 85.1 Å². The molecule has 0 saturated carbocycles. The maximum atomic E-state index is 12.7. The number of ether oxygens (including phenoxy) is 2. The van der Waals surface area contributed by atoms with Gasteiger partial charge in [-0.25, -0.2) is 4.57 Å². The van der Waals surface area contributed by atoms with Gasteiger partial charge in [0.05, 0.1) is 27.7 Å². The fraction of sp³-hybridized carbons (Fsp3) is 0.667. The fourth-order valence-electron chi connectivity index (χ4n) is 5.44. The number of quaternary nitrogens is 1. The van der Waals surface area contributed by atoms with Crippen molar-refractivity contribution in [1.29, 1.82) is 0 Å². The number of allylic oxidation sites excluding steroid dienone is 14. The average molecular weight is 833 g/mol. The number of nitrogens with zero attached hydrogens (tertiary/aromatic N) is 1. The number of phosphoric ester groups is 1. The van der Waals surface area contributed by atoms with Gasteiger partial charge in [0.25, 0.3) is 0 Å². The largest absolute Gasteiger partial charge is 0.472 e. The van der Waals surface area contributed by atoms with Crippen molar-refractivity contribution in [2.24, 2.45) is 0 Å². The first-order chi connectivity index (χ1) is 28.0. The van der Waals surface area contributed by atoms with Gasteiger partial charge >= 0.3 is 19.8 Å². The maximum absolute atomic E-state index is 12.7. The smallest absolute Gasteiger partial charge is 0.462 e. The van der Waals surface area contributed by atoms with Crippen LogP contribution in [0, 0.1) is 0 Å². The lowest BCUT2D eigenvalue weighted by atomic mass is 10.1. The van der Waals surface area contributed by atoms with Gasteiger partial charge in [-0.05, 0) is 77.0 Å². The summed E-state index contributed by atoms with van der Waals surface area (Å²) in [6.07, 6.45) is 50.7. The van der Waals surface area contributed by atoms with E-state index >= 15 is 0 Å². The van der Waals surface area contributed by atoms with Gasteiger partial charge in [0.15, 0.2) is 6.10 Å². The standard InChI is InChI=1S/C48H82NO8P/c1-6-8-10-12-14-16-18-20-22-23-24-25-27-28-30-32-34-36-38-40-47(50)54-44-46(45-56-58(52,53)55-43-42-49(3,4)5)57-48(51)41-39-37-35-33-31-29-26-21-19-17-15-13-11-9-7-2/h8,10,14,16-17,19-20,22,24-25,28,30,34,36,46H,6-7,9,11-13,15,18,21,23,26-27,29,31-33,35,37-45H2,1-5H3/p+1/b10-8-,16-14-,19-17-,22-20-,25-24-,30-28-,36-34-/t46-/m1/s1. The second kappa shape index (κ2) is 39.6. The summed E-state index contributed by atoms with van der Waals surface area (Å²) < 4.78 is 34.2. The number of unbranched alkanes of at least 4 members (excludes halogenated alkanes) is 11. The quantitative estimate of drug-likeness (QED) is 0.0214. The van der Waals surface area contributed by atoms with Crippen LogP contribution in [-0.4, -0.2) is 74.9 Å². The monoisotopic (exact) mass is 833 g/mol. The van der Waals surface area contributed by atoms with Crippen LogP contribution in [0.2, 0.25) is 0 Å². The van der Waals surface area contributed by atoms with Crippen molar-refractivity contribution >= 4 is 19.8 Å². The zero-order valence-corrected chi connectivity index (χ0v) is 38.1. The third kappa shape index (κ3) is 42.8. The Hall–Kier alpha value is -2.81. The Morgan fingerprint density at radius 3 is 1.53 bits per heavy atom. The second-order valence-corrected chi connectivity index (χ2v) is 17.1. The molecule has 0 amide bonds. The van der Waals surface area contributed by atoms with Crippen molar-refractivity contribution in [2.45, 2.75) is 161 Å². The molecular weight excluding hydrogens is 750 g/mol. The van der Waals surface area contributed by atoms with Crippen LogP contribution in [0.3, 0.4) is 0 Å². The van der Waals surface area contributed by atoms with Crippen molar-refractivity contribution in [1.82, 2.24) is 0 Å². The van der Waals surface area contributed by atoms with Crippen LogP contribution in [0.1, 0.15) is 155 Å². The lowest BCUT2D eigenvalue weighted by Gasteiger charge is -2.24. The van der Waals surface area contributed by atoms with Gasteiger partial charge in [-0.3, -0.25) is 18.6 Å². The molecule has 0 aromatic rings. The zero-order chi connectivity index (χ0) is 42.8. The molecule has 1 unspecified atom stereocenters. The lowest BCUT2D eigenvalue weighted by Crippen LogP contribution is -2.37. The summed E-state index contributed by atoms with van der Waals surface area (Å²) in [4.78, 5) is 35.3. The third-order valence-corrected chi connectivity index (χ3v) is 9.91. The maximum Gasteiger partial charge on any atom is 0.472 e. The van der Waals surface area contributed by atoms with Crippen LogP contribution in [0.15, 0.2) is 85.1 Å². The summed E-state index contributed by atoms with van der Waals surface area (Å²) >= 11 is 0. The molecular formula is C48H83NO8P+. The molecule has 0 aliphatic heterocycles. The number of rotatable bonds is 39. The molecule has 0 fully saturated rings. The summed E-state index contributed by atoms with van der Waals surface area (Å²) in [6, 6.07) is 0. The van der Waals surface area contributed by atoms with Crippen LogP contribution in [0.4, 0.5) is 0 Å². The topological polar surface area (TPSA) is 108 Å². The summed E-state index contributed by atoms with van der Waals surface area (Å²) in [6.45, 7) is 4.18. The van der Waals surface area contributed by atoms with Crippen LogP contribution in [0.5, 0.6) is 0 Å². The van der Waals surface area contributed by atoms with Crippen LogP contribution >= 0.6 is 7.82 Å². The first-order valence-electron chi connectivity index (χ1n) is 22.3. The van der Waals surface area contributed by atoms with Gasteiger partial charge in [0.2, 0.25) is 0 Å². The normalized spacial score (nSPS) is 14.4. The summed E-state index contributed by atoms with van der Waals surface area (Å²) in [5, 5.41) is 0. The molecule has 2 atom stereocenters. The lowest BCUT2D eigenvalue weighted by molar-refractivity contribution is -0.870. The number of likely N-dealkylation sites (N-methyl/N-ethyl adjacent to an activating group) is 1. The highest BCUT2D eigenvalue weighted by atomic mass is 31.2. The molecule has 0 spiro atoms. The highest BCUT2D eigenvalue weighted by molar-refractivity contribution is 7.47.